The molecule has 2 unspecified atom stereocenters. The lowest BCUT2D eigenvalue weighted by atomic mass is 10.00. The van der Waals surface area contributed by atoms with E-state index in [0.717, 1.165) is 36.8 Å². The highest BCUT2D eigenvalue weighted by molar-refractivity contribution is 7.99. The fourth-order valence-corrected chi connectivity index (χ4v) is 3.75. The number of hydrogen-bond acceptors (Lipinski definition) is 4. The predicted molar refractivity (Wildman–Crippen MR) is 86.8 cm³/mol. The van der Waals surface area contributed by atoms with Crippen molar-refractivity contribution in [2.45, 2.75) is 30.4 Å². The summed E-state index contributed by atoms with van der Waals surface area (Å²) in [6, 6.07) is 12.7. The Labute approximate surface area is 130 Å². The zero-order valence-corrected chi connectivity index (χ0v) is 13.1. The van der Waals surface area contributed by atoms with E-state index in [1.54, 1.807) is 6.26 Å². The second kappa shape index (κ2) is 7.05. The number of ether oxygens (including phenoxy) is 1. The fraction of sp³-hybridized carbons (Fsp3) is 0.412. The molecule has 3 rings (SSSR count). The van der Waals surface area contributed by atoms with Gasteiger partial charge in [-0.2, -0.15) is 0 Å². The van der Waals surface area contributed by atoms with E-state index >= 15 is 0 Å². The maximum atomic E-state index is 5.92. The average molecular weight is 303 g/mol. The van der Waals surface area contributed by atoms with Gasteiger partial charge in [0.25, 0.3) is 0 Å². The zero-order valence-electron chi connectivity index (χ0n) is 12.2. The van der Waals surface area contributed by atoms with Gasteiger partial charge in [0.2, 0.25) is 0 Å². The van der Waals surface area contributed by atoms with E-state index in [2.05, 4.69) is 30.4 Å². The molecule has 0 amide bonds. The van der Waals surface area contributed by atoms with Crippen molar-refractivity contribution >= 4 is 11.8 Å². The smallest absolute Gasteiger partial charge is 0.124 e. The third-order valence-corrected chi connectivity index (χ3v) is 4.95. The normalized spacial score (nSPS) is 20.8. The van der Waals surface area contributed by atoms with Crippen molar-refractivity contribution in [1.29, 1.82) is 0 Å². The number of thioether (sulfide) groups is 1. The summed E-state index contributed by atoms with van der Waals surface area (Å²) in [5.74, 6) is 2.92. The van der Waals surface area contributed by atoms with Crippen molar-refractivity contribution in [3.63, 3.8) is 0 Å². The molecule has 1 N–H and O–H groups in total. The molecule has 0 spiro atoms. The molecule has 2 aromatic rings. The Hall–Kier alpha value is -1.39. The molecule has 0 bridgehead atoms. The van der Waals surface area contributed by atoms with Gasteiger partial charge in [0, 0.05) is 5.56 Å². The quantitative estimate of drug-likeness (QED) is 0.874. The molecule has 21 heavy (non-hydrogen) atoms. The summed E-state index contributed by atoms with van der Waals surface area (Å²) < 4.78 is 11.4. The van der Waals surface area contributed by atoms with E-state index in [4.69, 9.17) is 9.15 Å². The standard InChI is InChI=1S/C17H21NO2S/c1-2-9-18-17-14-7-3-4-8-15(14)20-11-16(17)21-12-13-6-5-10-19-13/h3-8,10,16-18H,2,9,11-12H2,1H3. The molecule has 112 valence electrons. The van der Waals surface area contributed by atoms with Gasteiger partial charge in [0.15, 0.2) is 0 Å². The Morgan fingerprint density at radius 2 is 2.14 bits per heavy atom. The van der Waals surface area contributed by atoms with Gasteiger partial charge in [-0.05, 0) is 31.2 Å². The van der Waals surface area contributed by atoms with Gasteiger partial charge in [0.05, 0.1) is 23.3 Å². The van der Waals surface area contributed by atoms with Crippen LogP contribution in [0.1, 0.15) is 30.7 Å². The third-order valence-electron chi connectivity index (χ3n) is 3.66. The highest BCUT2D eigenvalue weighted by Gasteiger charge is 2.30. The number of rotatable bonds is 6. The van der Waals surface area contributed by atoms with Crippen LogP contribution >= 0.6 is 11.8 Å². The van der Waals surface area contributed by atoms with Gasteiger partial charge in [-0.3, -0.25) is 0 Å². The van der Waals surface area contributed by atoms with E-state index < -0.39 is 0 Å². The van der Waals surface area contributed by atoms with E-state index in [0.29, 0.717) is 11.3 Å². The van der Waals surface area contributed by atoms with Crippen LogP contribution in [0.5, 0.6) is 5.75 Å². The molecule has 1 aliphatic rings. The summed E-state index contributed by atoms with van der Waals surface area (Å²) in [6.07, 6.45) is 2.87. The van der Waals surface area contributed by atoms with E-state index in [1.165, 1.54) is 5.56 Å². The first-order valence-corrected chi connectivity index (χ1v) is 8.52. The number of para-hydroxylation sites is 1. The summed E-state index contributed by atoms with van der Waals surface area (Å²) in [5.41, 5.74) is 1.27. The zero-order chi connectivity index (χ0) is 14.5. The van der Waals surface area contributed by atoms with Gasteiger partial charge < -0.3 is 14.5 Å². The molecule has 3 nitrogen and oxygen atoms in total. The largest absolute Gasteiger partial charge is 0.492 e. The molecular formula is C17H21NO2S. The third kappa shape index (κ3) is 3.44. The van der Waals surface area contributed by atoms with Crippen molar-refractivity contribution < 1.29 is 9.15 Å². The van der Waals surface area contributed by atoms with Crippen molar-refractivity contribution in [3.05, 3.63) is 54.0 Å². The summed E-state index contributed by atoms with van der Waals surface area (Å²) in [5, 5.41) is 4.08. The Morgan fingerprint density at radius 3 is 2.95 bits per heavy atom. The van der Waals surface area contributed by atoms with Gasteiger partial charge in [-0.15, -0.1) is 11.8 Å². The molecule has 2 atom stereocenters. The fourth-order valence-electron chi connectivity index (χ4n) is 2.61. The van der Waals surface area contributed by atoms with Crippen molar-refractivity contribution in [2.24, 2.45) is 0 Å². The van der Waals surface area contributed by atoms with Crippen LogP contribution in [0.25, 0.3) is 0 Å². The van der Waals surface area contributed by atoms with Crippen LogP contribution in [0, 0.1) is 0 Å². The molecule has 0 fully saturated rings. The van der Waals surface area contributed by atoms with Crippen LogP contribution in [0.15, 0.2) is 47.1 Å². The molecule has 1 aromatic carbocycles. The minimum atomic E-state index is 0.342. The molecule has 1 aromatic heterocycles. The van der Waals surface area contributed by atoms with Gasteiger partial charge in [0.1, 0.15) is 18.1 Å². The predicted octanol–water partition coefficient (Wildman–Crippen LogP) is 4.01. The molecule has 0 saturated heterocycles. The SMILES string of the molecule is CCCNC1c2ccccc2OCC1SCc1ccco1. The van der Waals surface area contributed by atoms with Crippen LogP contribution in [0.4, 0.5) is 0 Å². The Kier molecular flexibility index (Phi) is 4.88. The highest BCUT2D eigenvalue weighted by Crippen LogP contribution is 2.38. The van der Waals surface area contributed by atoms with E-state index in [-0.39, 0.29) is 0 Å². The summed E-state index contributed by atoms with van der Waals surface area (Å²) in [6.45, 7) is 3.96. The highest BCUT2D eigenvalue weighted by atomic mass is 32.2. The molecule has 0 saturated carbocycles. The average Bonchev–Trinajstić information content (AvgIpc) is 3.04. The second-order valence-corrected chi connectivity index (χ2v) is 6.44. The minimum absolute atomic E-state index is 0.342. The van der Waals surface area contributed by atoms with Crippen LogP contribution in [-0.2, 0) is 5.75 Å². The van der Waals surface area contributed by atoms with Crippen LogP contribution in [0.2, 0.25) is 0 Å². The van der Waals surface area contributed by atoms with Gasteiger partial charge in [-0.1, -0.05) is 25.1 Å². The molecule has 0 radical (unpaired) electrons. The van der Waals surface area contributed by atoms with Crippen molar-refractivity contribution in [3.8, 4) is 5.75 Å². The number of fused-ring (bicyclic) bond motifs is 1. The van der Waals surface area contributed by atoms with Crippen molar-refractivity contribution in [1.82, 2.24) is 5.32 Å². The van der Waals surface area contributed by atoms with Crippen molar-refractivity contribution in [2.75, 3.05) is 13.2 Å². The summed E-state index contributed by atoms with van der Waals surface area (Å²) >= 11 is 1.90. The maximum absolute atomic E-state index is 5.92. The summed E-state index contributed by atoms with van der Waals surface area (Å²) in [4.78, 5) is 0. The number of benzene rings is 1. The molecule has 0 aliphatic carbocycles. The van der Waals surface area contributed by atoms with Crippen LogP contribution in [-0.4, -0.2) is 18.4 Å². The van der Waals surface area contributed by atoms with Crippen LogP contribution < -0.4 is 10.1 Å². The molecule has 2 heterocycles. The first-order chi connectivity index (χ1) is 10.4. The summed E-state index contributed by atoms with van der Waals surface area (Å²) in [7, 11) is 0. The maximum Gasteiger partial charge on any atom is 0.124 e. The van der Waals surface area contributed by atoms with E-state index in [1.807, 2.05) is 30.0 Å². The number of nitrogens with one attached hydrogen (secondary N) is 1. The topological polar surface area (TPSA) is 34.4 Å². The molecule has 4 heteroatoms. The lowest BCUT2D eigenvalue weighted by molar-refractivity contribution is 0.260. The number of furan rings is 1. The first-order valence-electron chi connectivity index (χ1n) is 7.47. The molecule has 1 aliphatic heterocycles. The molecular weight excluding hydrogens is 282 g/mol. The lowest BCUT2D eigenvalue weighted by Crippen LogP contribution is -2.38. The first kappa shape index (κ1) is 14.5. The van der Waals surface area contributed by atoms with E-state index in [9.17, 15) is 0 Å². The van der Waals surface area contributed by atoms with Crippen LogP contribution in [0.3, 0.4) is 0 Å². The second-order valence-electron chi connectivity index (χ2n) is 5.21. The lowest BCUT2D eigenvalue weighted by Gasteiger charge is -2.33. The Morgan fingerprint density at radius 1 is 1.24 bits per heavy atom. The van der Waals surface area contributed by atoms with Gasteiger partial charge >= 0.3 is 0 Å². The number of hydrogen-bond donors (Lipinski definition) is 1. The Balaban J connectivity index is 1.73. The monoisotopic (exact) mass is 303 g/mol. The van der Waals surface area contributed by atoms with Gasteiger partial charge in [-0.25, -0.2) is 0 Å². The minimum Gasteiger partial charge on any atom is -0.492 e. The Bertz CT molecular complexity index is 556.